The van der Waals surface area contributed by atoms with E-state index in [2.05, 4.69) is 25.5 Å². The molecule has 3 aromatic heterocycles. The topological polar surface area (TPSA) is 88.0 Å². The Labute approximate surface area is 143 Å². The van der Waals surface area contributed by atoms with Gasteiger partial charge in [0.25, 0.3) is 5.91 Å². The molecular formula is C18H16N6O. The van der Waals surface area contributed by atoms with Gasteiger partial charge in [-0.2, -0.15) is 5.10 Å². The maximum atomic E-state index is 12.3. The van der Waals surface area contributed by atoms with E-state index in [-0.39, 0.29) is 12.5 Å². The van der Waals surface area contributed by atoms with Gasteiger partial charge in [0.2, 0.25) is 0 Å². The van der Waals surface area contributed by atoms with Crippen LogP contribution in [0.3, 0.4) is 0 Å². The molecule has 124 valence electrons. The summed E-state index contributed by atoms with van der Waals surface area (Å²) in [6, 6.07) is 13.5. The molecule has 3 heterocycles. The fourth-order valence-corrected chi connectivity index (χ4v) is 2.60. The predicted molar refractivity (Wildman–Crippen MR) is 92.9 cm³/mol. The highest BCUT2D eigenvalue weighted by Gasteiger charge is 2.10. The van der Waals surface area contributed by atoms with Crippen molar-refractivity contribution in [1.29, 1.82) is 0 Å². The molecule has 7 nitrogen and oxygen atoms in total. The lowest BCUT2D eigenvalue weighted by molar-refractivity contribution is 0.0949. The molecule has 7 heteroatoms. The van der Waals surface area contributed by atoms with E-state index in [9.17, 15) is 4.79 Å². The Morgan fingerprint density at radius 1 is 1.12 bits per heavy atom. The van der Waals surface area contributed by atoms with Crippen LogP contribution in [0.4, 0.5) is 0 Å². The van der Waals surface area contributed by atoms with Gasteiger partial charge in [-0.25, -0.2) is 9.97 Å². The van der Waals surface area contributed by atoms with Crippen molar-refractivity contribution < 1.29 is 4.79 Å². The van der Waals surface area contributed by atoms with Gasteiger partial charge in [-0.1, -0.05) is 30.3 Å². The summed E-state index contributed by atoms with van der Waals surface area (Å²) >= 11 is 0. The molecule has 0 saturated carbocycles. The number of aryl methyl sites for hydroxylation is 1. The fraction of sp³-hybridized carbons (Fsp3) is 0.111. The molecule has 0 unspecified atom stereocenters. The molecule has 4 rings (SSSR count). The van der Waals surface area contributed by atoms with Gasteiger partial charge < -0.3 is 9.72 Å². The summed E-state index contributed by atoms with van der Waals surface area (Å²) in [5.74, 6) is 1.10. The first-order valence-electron chi connectivity index (χ1n) is 7.89. The van der Waals surface area contributed by atoms with Crippen molar-refractivity contribution in [2.24, 2.45) is 0 Å². The van der Waals surface area contributed by atoms with Gasteiger partial charge in [0.1, 0.15) is 11.5 Å². The summed E-state index contributed by atoms with van der Waals surface area (Å²) in [4.78, 5) is 21.1. The molecule has 0 aliphatic carbocycles. The van der Waals surface area contributed by atoms with Gasteiger partial charge in [0.15, 0.2) is 5.82 Å². The van der Waals surface area contributed by atoms with Crippen LogP contribution in [0.2, 0.25) is 0 Å². The third-order valence-corrected chi connectivity index (χ3v) is 3.83. The summed E-state index contributed by atoms with van der Waals surface area (Å²) in [5, 5.41) is 9.57. The number of rotatable bonds is 4. The predicted octanol–water partition coefficient (Wildman–Crippen LogP) is 2.36. The average molecular weight is 332 g/mol. The van der Waals surface area contributed by atoms with Crippen molar-refractivity contribution >= 4 is 11.6 Å². The molecule has 2 N–H and O–H groups in total. The number of H-pyrrole nitrogens is 1. The van der Waals surface area contributed by atoms with E-state index in [1.165, 1.54) is 0 Å². The van der Waals surface area contributed by atoms with Gasteiger partial charge in [-0.15, -0.1) is 0 Å². The van der Waals surface area contributed by atoms with Crippen molar-refractivity contribution in [2.45, 2.75) is 13.5 Å². The Hall–Kier alpha value is -3.48. The second-order valence-electron chi connectivity index (χ2n) is 5.70. The summed E-state index contributed by atoms with van der Waals surface area (Å²) in [7, 11) is 0. The SMILES string of the molecule is Cc1nc(CNC(=O)c2ccc3nc(-c4ccccc4)cn3c2)n[nH]1. The lowest BCUT2D eigenvalue weighted by Gasteiger charge is -2.03. The number of hydrogen-bond donors (Lipinski definition) is 2. The molecule has 1 aromatic carbocycles. The molecule has 4 aromatic rings. The number of nitrogens with one attached hydrogen (secondary N) is 2. The van der Waals surface area contributed by atoms with Crippen LogP contribution >= 0.6 is 0 Å². The molecule has 0 spiro atoms. The molecule has 0 atom stereocenters. The maximum absolute atomic E-state index is 12.3. The minimum absolute atomic E-state index is 0.181. The number of nitrogens with zero attached hydrogens (tertiary/aromatic N) is 4. The number of carbonyl (C=O) groups is 1. The van der Waals surface area contributed by atoms with Crippen molar-refractivity contribution in [3.05, 3.63) is 72.1 Å². The normalized spacial score (nSPS) is 10.9. The van der Waals surface area contributed by atoms with Crippen molar-refractivity contribution in [3.8, 4) is 11.3 Å². The molecule has 0 saturated heterocycles. The second kappa shape index (κ2) is 6.20. The fourth-order valence-electron chi connectivity index (χ4n) is 2.60. The Morgan fingerprint density at radius 3 is 2.72 bits per heavy atom. The highest BCUT2D eigenvalue weighted by Crippen LogP contribution is 2.19. The standard InChI is InChI=1S/C18H16N6O/c1-12-20-16(23-22-12)9-19-18(25)14-7-8-17-21-15(11-24(17)10-14)13-5-3-2-4-6-13/h2-8,10-11H,9H2,1H3,(H,19,25)(H,20,22,23). The molecule has 0 aliphatic heterocycles. The number of fused-ring (bicyclic) bond motifs is 1. The van der Waals surface area contributed by atoms with Gasteiger partial charge >= 0.3 is 0 Å². The van der Waals surface area contributed by atoms with Crippen LogP contribution in [0.15, 0.2) is 54.9 Å². The van der Waals surface area contributed by atoms with Gasteiger partial charge in [-0.3, -0.25) is 9.89 Å². The Balaban J connectivity index is 1.55. The van der Waals surface area contributed by atoms with Crippen LogP contribution in [0.5, 0.6) is 0 Å². The number of pyridine rings is 1. The minimum atomic E-state index is -0.181. The number of hydrogen-bond acceptors (Lipinski definition) is 4. The van der Waals surface area contributed by atoms with Gasteiger partial charge in [-0.05, 0) is 19.1 Å². The third-order valence-electron chi connectivity index (χ3n) is 3.83. The molecule has 0 aliphatic rings. The number of carbonyl (C=O) groups excluding carboxylic acids is 1. The average Bonchev–Trinajstić information content (AvgIpc) is 3.25. The van der Waals surface area contributed by atoms with E-state index < -0.39 is 0 Å². The Bertz CT molecular complexity index is 1030. The summed E-state index contributed by atoms with van der Waals surface area (Å²) in [5.41, 5.74) is 3.25. The molecular weight excluding hydrogens is 316 g/mol. The zero-order valence-electron chi connectivity index (χ0n) is 13.6. The van der Waals surface area contributed by atoms with Crippen LogP contribution in [0.1, 0.15) is 22.0 Å². The van der Waals surface area contributed by atoms with E-state index in [1.807, 2.05) is 53.9 Å². The van der Waals surface area contributed by atoms with Gasteiger partial charge in [0.05, 0.1) is 17.8 Å². The number of aromatic amines is 1. The maximum Gasteiger partial charge on any atom is 0.253 e. The smallest absolute Gasteiger partial charge is 0.253 e. The summed E-state index contributed by atoms with van der Waals surface area (Å²) < 4.78 is 1.86. The van der Waals surface area contributed by atoms with Crippen LogP contribution in [-0.4, -0.2) is 30.5 Å². The number of amides is 1. The minimum Gasteiger partial charge on any atom is -0.345 e. The highest BCUT2D eigenvalue weighted by atomic mass is 16.1. The van der Waals surface area contributed by atoms with Crippen molar-refractivity contribution in [1.82, 2.24) is 29.9 Å². The largest absolute Gasteiger partial charge is 0.345 e. The first kappa shape index (κ1) is 15.1. The highest BCUT2D eigenvalue weighted by molar-refractivity contribution is 5.94. The number of benzene rings is 1. The van der Waals surface area contributed by atoms with E-state index >= 15 is 0 Å². The van der Waals surface area contributed by atoms with E-state index in [0.29, 0.717) is 11.4 Å². The van der Waals surface area contributed by atoms with Gasteiger partial charge in [0, 0.05) is 18.0 Å². The zero-order chi connectivity index (χ0) is 17.2. The Morgan fingerprint density at radius 2 is 1.96 bits per heavy atom. The number of aromatic nitrogens is 5. The first-order chi connectivity index (χ1) is 12.2. The van der Waals surface area contributed by atoms with Crippen molar-refractivity contribution in [2.75, 3.05) is 0 Å². The molecule has 1 amide bonds. The van der Waals surface area contributed by atoms with Crippen molar-refractivity contribution in [3.63, 3.8) is 0 Å². The lowest BCUT2D eigenvalue weighted by atomic mass is 10.2. The van der Waals surface area contributed by atoms with Crippen LogP contribution in [0, 0.1) is 6.92 Å². The van der Waals surface area contributed by atoms with Crippen LogP contribution < -0.4 is 5.32 Å². The second-order valence-corrected chi connectivity index (χ2v) is 5.70. The monoisotopic (exact) mass is 332 g/mol. The van der Waals surface area contributed by atoms with Crippen LogP contribution in [0.25, 0.3) is 16.9 Å². The first-order valence-corrected chi connectivity index (χ1v) is 7.89. The van der Waals surface area contributed by atoms with E-state index in [0.717, 1.165) is 22.7 Å². The molecule has 25 heavy (non-hydrogen) atoms. The summed E-state index contributed by atoms with van der Waals surface area (Å²) in [6.07, 6.45) is 3.69. The van der Waals surface area contributed by atoms with E-state index in [1.54, 1.807) is 12.3 Å². The molecule has 0 bridgehead atoms. The molecule has 0 radical (unpaired) electrons. The molecule has 0 fully saturated rings. The number of imidazole rings is 1. The third kappa shape index (κ3) is 3.12. The van der Waals surface area contributed by atoms with E-state index in [4.69, 9.17) is 0 Å². The quantitative estimate of drug-likeness (QED) is 0.600. The lowest BCUT2D eigenvalue weighted by Crippen LogP contribution is -2.23. The zero-order valence-corrected chi connectivity index (χ0v) is 13.6. The summed E-state index contributed by atoms with van der Waals surface area (Å²) in [6.45, 7) is 2.09. The Kier molecular flexibility index (Phi) is 3.74. The van der Waals surface area contributed by atoms with Crippen LogP contribution in [-0.2, 0) is 6.54 Å².